The van der Waals surface area contributed by atoms with E-state index >= 15 is 0 Å². The molecule has 0 radical (unpaired) electrons. The molecule has 0 aromatic heterocycles. The molecule has 31 heavy (non-hydrogen) atoms. The van der Waals surface area contributed by atoms with Crippen molar-refractivity contribution in [1.29, 1.82) is 0 Å². The number of hydrogen-bond donors (Lipinski definition) is 1. The standard InChI is InChI=1S/C26H36N2O3/c1-4-6-10-18-27-26(30)24(19-21-12-8-7-9-13-21)28(25(29)11-5-2)20-22-14-16-23(31-3)17-15-22/h7-9,12-17,24H,4-6,10-11,18-20H2,1-3H3,(H,27,30). The zero-order chi connectivity index (χ0) is 22.5. The van der Waals surface area contributed by atoms with Gasteiger partial charge in [-0.05, 0) is 36.1 Å². The number of benzene rings is 2. The molecule has 0 aliphatic carbocycles. The molecular formula is C26H36N2O3. The second-order valence-corrected chi connectivity index (χ2v) is 7.82. The molecule has 0 fully saturated rings. The molecule has 0 bridgehead atoms. The number of nitrogens with one attached hydrogen (secondary N) is 1. The lowest BCUT2D eigenvalue weighted by atomic mass is 10.0. The van der Waals surface area contributed by atoms with Crippen LogP contribution in [0.15, 0.2) is 54.6 Å². The smallest absolute Gasteiger partial charge is 0.243 e. The molecular weight excluding hydrogens is 388 g/mol. The summed E-state index contributed by atoms with van der Waals surface area (Å²) in [4.78, 5) is 28.1. The van der Waals surface area contributed by atoms with Gasteiger partial charge in [0.25, 0.3) is 0 Å². The summed E-state index contributed by atoms with van der Waals surface area (Å²) in [5.74, 6) is 0.686. The molecule has 0 saturated heterocycles. The second kappa shape index (κ2) is 13.5. The van der Waals surface area contributed by atoms with Crippen LogP contribution in [0.4, 0.5) is 0 Å². The predicted octanol–water partition coefficient (Wildman–Crippen LogP) is 4.74. The Morgan fingerprint density at radius 2 is 1.65 bits per heavy atom. The fourth-order valence-electron chi connectivity index (χ4n) is 3.54. The molecule has 0 aliphatic rings. The van der Waals surface area contributed by atoms with Gasteiger partial charge in [0.15, 0.2) is 0 Å². The largest absolute Gasteiger partial charge is 0.497 e. The summed E-state index contributed by atoms with van der Waals surface area (Å²) >= 11 is 0. The number of hydrogen-bond acceptors (Lipinski definition) is 3. The molecule has 2 amide bonds. The van der Waals surface area contributed by atoms with E-state index in [1.807, 2.05) is 61.5 Å². The summed E-state index contributed by atoms with van der Waals surface area (Å²) in [6.07, 6.45) is 4.78. The minimum atomic E-state index is -0.551. The summed E-state index contributed by atoms with van der Waals surface area (Å²) in [7, 11) is 1.63. The Hall–Kier alpha value is -2.82. The molecule has 2 aromatic rings. The topological polar surface area (TPSA) is 58.6 Å². The number of amides is 2. The van der Waals surface area contributed by atoms with Gasteiger partial charge in [0.2, 0.25) is 11.8 Å². The highest BCUT2D eigenvalue weighted by Crippen LogP contribution is 2.18. The van der Waals surface area contributed by atoms with E-state index in [0.29, 0.717) is 25.9 Å². The van der Waals surface area contributed by atoms with Crippen molar-refractivity contribution in [1.82, 2.24) is 10.2 Å². The van der Waals surface area contributed by atoms with E-state index in [0.717, 1.165) is 42.6 Å². The Bertz CT molecular complexity index is 790. The summed E-state index contributed by atoms with van der Waals surface area (Å²) in [5.41, 5.74) is 2.02. The summed E-state index contributed by atoms with van der Waals surface area (Å²) in [6.45, 7) is 5.15. The third-order valence-electron chi connectivity index (χ3n) is 5.33. The number of rotatable bonds is 13. The van der Waals surface area contributed by atoms with E-state index in [1.165, 1.54) is 0 Å². The molecule has 1 atom stereocenters. The van der Waals surface area contributed by atoms with Crippen molar-refractivity contribution >= 4 is 11.8 Å². The number of unbranched alkanes of at least 4 members (excludes halogenated alkanes) is 2. The maximum Gasteiger partial charge on any atom is 0.243 e. The van der Waals surface area contributed by atoms with Crippen molar-refractivity contribution in [3.8, 4) is 5.75 Å². The highest BCUT2D eigenvalue weighted by molar-refractivity contribution is 5.88. The minimum absolute atomic E-state index is 0.00274. The number of carbonyl (C=O) groups excluding carboxylic acids is 2. The van der Waals surface area contributed by atoms with Crippen molar-refractivity contribution in [2.24, 2.45) is 0 Å². The average Bonchev–Trinajstić information content (AvgIpc) is 2.80. The first kappa shape index (κ1) is 24.4. The van der Waals surface area contributed by atoms with Crippen molar-refractivity contribution < 1.29 is 14.3 Å². The normalized spacial score (nSPS) is 11.6. The van der Waals surface area contributed by atoms with Crippen molar-refractivity contribution in [3.63, 3.8) is 0 Å². The third kappa shape index (κ3) is 8.08. The fraction of sp³-hybridized carbons (Fsp3) is 0.462. The Balaban J connectivity index is 2.28. The first-order valence-electron chi connectivity index (χ1n) is 11.3. The Labute approximate surface area is 186 Å². The minimum Gasteiger partial charge on any atom is -0.497 e. The van der Waals surface area contributed by atoms with Crippen LogP contribution in [0.3, 0.4) is 0 Å². The molecule has 0 aliphatic heterocycles. The van der Waals surface area contributed by atoms with Crippen LogP contribution in [0.2, 0.25) is 0 Å². The van der Waals surface area contributed by atoms with Crippen molar-refractivity contribution in [2.75, 3.05) is 13.7 Å². The summed E-state index contributed by atoms with van der Waals surface area (Å²) in [6, 6.07) is 17.0. The van der Waals surface area contributed by atoms with Gasteiger partial charge in [0, 0.05) is 25.9 Å². The van der Waals surface area contributed by atoms with Gasteiger partial charge in [0.05, 0.1) is 7.11 Å². The van der Waals surface area contributed by atoms with Crippen LogP contribution in [-0.4, -0.2) is 36.4 Å². The lowest BCUT2D eigenvalue weighted by Gasteiger charge is -2.31. The zero-order valence-corrected chi connectivity index (χ0v) is 19.1. The zero-order valence-electron chi connectivity index (χ0n) is 19.1. The van der Waals surface area contributed by atoms with Crippen LogP contribution in [0.5, 0.6) is 5.75 Å². The van der Waals surface area contributed by atoms with E-state index < -0.39 is 6.04 Å². The van der Waals surface area contributed by atoms with Gasteiger partial charge >= 0.3 is 0 Å². The quantitative estimate of drug-likeness (QED) is 0.473. The highest BCUT2D eigenvalue weighted by atomic mass is 16.5. The molecule has 168 valence electrons. The molecule has 0 heterocycles. The van der Waals surface area contributed by atoms with E-state index in [4.69, 9.17) is 4.74 Å². The highest BCUT2D eigenvalue weighted by Gasteiger charge is 2.29. The Morgan fingerprint density at radius 3 is 2.26 bits per heavy atom. The molecule has 2 aromatic carbocycles. The number of carbonyl (C=O) groups is 2. The van der Waals surface area contributed by atoms with Gasteiger partial charge in [-0.2, -0.15) is 0 Å². The average molecular weight is 425 g/mol. The lowest BCUT2D eigenvalue weighted by Crippen LogP contribution is -2.50. The third-order valence-corrected chi connectivity index (χ3v) is 5.33. The van der Waals surface area contributed by atoms with E-state index in [1.54, 1.807) is 12.0 Å². The van der Waals surface area contributed by atoms with Crippen LogP contribution >= 0.6 is 0 Å². The molecule has 5 nitrogen and oxygen atoms in total. The van der Waals surface area contributed by atoms with Gasteiger partial charge in [0.1, 0.15) is 11.8 Å². The number of methoxy groups -OCH3 is 1. The van der Waals surface area contributed by atoms with E-state index in [-0.39, 0.29) is 11.8 Å². The molecule has 5 heteroatoms. The van der Waals surface area contributed by atoms with Crippen LogP contribution in [0.1, 0.15) is 57.1 Å². The van der Waals surface area contributed by atoms with Gasteiger partial charge in [-0.15, -0.1) is 0 Å². The maximum atomic E-state index is 13.2. The molecule has 2 rings (SSSR count). The van der Waals surface area contributed by atoms with E-state index in [9.17, 15) is 9.59 Å². The predicted molar refractivity (Wildman–Crippen MR) is 125 cm³/mol. The molecule has 1 N–H and O–H groups in total. The molecule has 0 spiro atoms. The molecule has 0 saturated carbocycles. The fourth-order valence-corrected chi connectivity index (χ4v) is 3.54. The van der Waals surface area contributed by atoms with Gasteiger partial charge in [-0.25, -0.2) is 0 Å². The van der Waals surface area contributed by atoms with Crippen LogP contribution < -0.4 is 10.1 Å². The van der Waals surface area contributed by atoms with Crippen molar-refractivity contribution in [3.05, 3.63) is 65.7 Å². The maximum absolute atomic E-state index is 13.2. The SMILES string of the molecule is CCCCCNC(=O)C(Cc1ccccc1)N(Cc1ccc(OC)cc1)C(=O)CCC. The number of ether oxygens (including phenoxy) is 1. The van der Waals surface area contributed by atoms with Gasteiger partial charge < -0.3 is 15.0 Å². The number of nitrogens with zero attached hydrogens (tertiary/aromatic N) is 1. The Morgan fingerprint density at radius 1 is 0.935 bits per heavy atom. The lowest BCUT2D eigenvalue weighted by molar-refractivity contribution is -0.141. The first-order valence-corrected chi connectivity index (χ1v) is 11.3. The Kier molecular flexibility index (Phi) is 10.6. The molecule has 1 unspecified atom stereocenters. The summed E-state index contributed by atoms with van der Waals surface area (Å²) in [5, 5.41) is 3.07. The second-order valence-electron chi connectivity index (χ2n) is 7.82. The van der Waals surface area contributed by atoms with Crippen LogP contribution in [0, 0.1) is 0 Å². The van der Waals surface area contributed by atoms with Gasteiger partial charge in [-0.1, -0.05) is 69.2 Å². The van der Waals surface area contributed by atoms with Crippen LogP contribution in [-0.2, 0) is 22.6 Å². The van der Waals surface area contributed by atoms with Crippen LogP contribution in [0.25, 0.3) is 0 Å². The van der Waals surface area contributed by atoms with Gasteiger partial charge in [-0.3, -0.25) is 9.59 Å². The van der Waals surface area contributed by atoms with Crippen molar-refractivity contribution in [2.45, 2.75) is 65.0 Å². The first-order chi connectivity index (χ1) is 15.1. The van der Waals surface area contributed by atoms with E-state index in [2.05, 4.69) is 12.2 Å². The monoisotopic (exact) mass is 424 g/mol. The summed E-state index contributed by atoms with van der Waals surface area (Å²) < 4.78 is 5.24.